The highest BCUT2D eigenvalue weighted by Crippen LogP contribution is 2.34. The fourth-order valence-electron chi connectivity index (χ4n) is 3.98. The van der Waals surface area contributed by atoms with Crippen LogP contribution in [0, 0.1) is 6.92 Å². The largest absolute Gasteiger partial charge is 0.256 e. The third-order valence-corrected chi connectivity index (χ3v) is 5.79. The molecule has 0 spiro atoms. The van der Waals surface area contributed by atoms with Gasteiger partial charge in [-0.15, -0.1) is 0 Å². The van der Waals surface area contributed by atoms with Gasteiger partial charge < -0.3 is 0 Å². The van der Waals surface area contributed by atoms with E-state index in [1.165, 1.54) is 54.4 Å². The van der Waals surface area contributed by atoms with E-state index in [4.69, 9.17) is 11.6 Å². The van der Waals surface area contributed by atoms with Gasteiger partial charge in [-0.1, -0.05) is 67.3 Å². The number of halogens is 1. The Kier molecular flexibility index (Phi) is 5.08. The molecule has 0 aliphatic heterocycles. The molecule has 2 aromatic carbocycles. The Morgan fingerprint density at radius 1 is 0.846 bits per heavy atom. The summed E-state index contributed by atoms with van der Waals surface area (Å²) in [5, 5.41) is 0.749. The monoisotopic (exact) mass is 361 g/mol. The van der Waals surface area contributed by atoms with Gasteiger partial charge >= 0.3 is 0 Å². The van der Waals surface area contributed by atoms with E-state index in [1.54, 1.807) is 0 Å². The van der Waals surface area contributed by atoms with E-state index >= 15 is 0 Å². The van der Waals surface area contributed by atoms with Crippen molar-refractivity contribution < 1.29 is 0 Å². The van der Waals surface area contributed by atoms with Crippen molar-refractivity contribution in [2.75, 3.05) is 0 Å². The minimum Gasteiger partial charge on any atom is -0.256 e. The van der Waals surface area contributed by atoms with E-state index in [-0.39, 0.29) is 0 Å². The van der Waals surface area contributed by atoms with Crippen LogP contribution >= 0.6 is 11.6 Å². The average Bonchev–Trinajstić information content (AvgIpc) is 2.70. The first-order chi connectivity index (χ1) is 12.7. The highest BCUT2D eigenvalue weighted by molar-refractivity contribution is 6.30. The van der Waals surface area contributed by atoms with Gasteiger partial charge in [-0.25, -0.2) is 0 Å². The minimum absolute atomic E-state index is 0.749. The summed E-state index contributed by atoms with van der Waals surface area (Å²) in [6.45, 7) is 2.13. The molecule has 0 radical (unpaired) electrons. The molecule has 0 N–H and O–H groups in total. The first-order valence-electron chi connectivity index (χ1n) is 9.53. The molecule has 0 atom stereocenters. The van der Waals surface area contributed by atoms with Crippen LogP contribution < -0.4 is 0 Å². The number of aromatic nitrogens is 1. The number of hydrogen-bond donors (Lipinski definition) is 0. The summed E-state index contributed by atoms with van der Waals surface area (Å²) < 4.78 is 0. The SMILES string of the molecule is Cc1cnc(-c2ccc(Cl)cc2)cc1-c1ccc(C2CCCCC2)cc1. The summed E-state index contributed by atoms with van der Waals surface area (Å²) in [5.74, 6) is 0.751. The summed E-state index contributed by atoms with van der Waals surface area (Å²) in [5.41, 5.74) is 7.29. The molecular weight excluding hydrogens is 338 g/mol. The van der Waals surface area contributed by atoms with Crippen LogP contribution in [-0.2, 0) is 0 Å². The summed E-state index contributed by atoms with van der Waals surface area (Å²) in [7, 11) is 0. The maximum atomic E-state index is 6.01. The minimum atomic E-state index is 0.749. The van der Waals surface area contributed by atoms with Crippen molar-refractivity contribution >= 4 is 11.6 Å². The normalized spacial score (nSPS) is 15.2. The Balaban J connectivity index is 1.64. The third-order valence-electron chi connectivity index (χ3n) is 5.54. The average molecular weight is 362 g/mol. The molecule has 1 nitrogen and oxygen atoms in total. The topological polar surface area (TPSA) is 12.9 Å². The summed E-state index contributed by atoms with van der Waals surface area (Å²) in [6, 6.07) is 19.3. The van der Waals surface area contributed by atoms with Crippen LogP contribution in [0.2, 0.25) is 5.02 Å². The van der Waals surface area contributed by atoms with Gasteiger partial charge in [0, 0.05) is 16.8 Å². The first kappa shape index (κ1) is 17.3. The Morgan fingerprint density at radius 2 is 1.50 bits per heavy atom. The lowest BCUT2D eigenvalue weighted by Crippen LogP contribution is -2.04. The molecule has 4 rings (SSSR count). The molecule has 1 aliphatic carbocycles. The molecule has 0 bridgehead atoms. The van der Waals surface area contributed by atoms with Crippen LogP contribution in [-0.4, -0.2) is 4.98 Å². The van der Waals surface area contributed by atoms with Crippen LogP contribution in [0.5, 0.6) is 0 Å². The zero-order valence-electron chi connectivity index (χ0n) is 15.2. The maximum absolute atomic E-state index is 6.01. The fourth-order valence-corrected chi connectivity index (χ4v) is 4.11. The summed E-state index contributed by atoms with van der Waals surface area (Å²) >= 11 is 6.01. The van der Waals surface area contributed by atoms with E-state index < -0.39 is 0 Å². The van der Waals surface area contributed by atoms with Crippen molar-refractivity contribution in [3.63, 3.8) is 0 Å². The number of hydrogen-bond acceptors (Lipinski definition) is 1. The van der Waals surface area contributed by atoms with Crippen molar-refractivity contribution in [2.24, 2.45) is 0 Å². The van der Waals surface area contributed by atoms with Crippen LogP contribution in [0.15, 0.2) is 60.8 Å². The second-order valence-corrected chi connectivity index (χ2v) is 7.78. The first-order valence-corrected chi connectivity index (χ1v) is 9.91. The van der Waals surface area contributed by atoms with Gasteiger partial charge in [-0.3, -0.25) is 4.98 Å². The molecule has 132 valence electrons. The van der Waals surface area contributed by atoms with Gasteiger partial charge in [0.25, 0.3) is 0 Å². The van der Waals surface area contributed by atoms with Gasteiger partial charge in [0.2, 0.25) is 0 Å². The number of pyridine rings is 1. The van der Waals surface area contributed by atoms with Crippen molar-refractivity contribution in [3.05, 3.63) is 76.9 Å². The van der Waals surface area contributed by atoms with Gasteiger partial charge in [-0.2, -0.15) is 0 Å². The molecule has 1 aliphatic rings. The fraction of sp³-hybridized carbons (Fsp3) is 0.292. The molecule has 0 saturated heterocycles. The van der Waals surface area contributed by atoms with Crippen LogP contribution in [0.3, 0.4) is 0 Å². The Morgan fingerprint density at radius 3 is 2.19 bits per heavy atom. The molecule has 3 aromatic rings. The van der Waals surface area contributed by atoms with E-state index in [1.807, 2.05) is 30.5 Å². The van der Waals surface area contributed by atoms with Crippen molar-refractivity contribution in [3.8, 4) is 22.4 Å². The van der Waals surface area contributed by atoms with E-state index in [2.05, 4.69) is 42.2 Å². The predicted molar refractivity (Wildman–Crippen MR) is 111 cm³/mol. The molecule has 1 fully saturated rings. The van der Waals surface area contributed by atoms with Gasteiger partial charge in [0.1, 0.15) is 0 Å². The third kappa shape index (κ3) is 3.68. The highest BCUT2D eigenvalue weighted by Gasteiger charge is 2.15. The molecule has 0 unspecified atom stereocenters. The van der Waals surface area contributed by atoms with Gasteiger partial charge in [0.05, 0.1) is 5.69 Å². The number of aryl methyl sites for hydroxylation is 1. The van der Waals surface area contributed by atoms with Crippen LogP contribution in [0.4, 0.5) is 0 Å². The predicted octanol–water partition coefficient (Wildman–Crippen LogP) is 7.43. The van der Waals surface area contributed by atoms with Crippen molar-refractivity contribution in [1.29, 1.82) is 0 Å². The summed E-state index contributed by atoms with van der Waals surface area (Å²) in [6.07, 6.45) is 8.80. The van der Waals surface area contributed by atoms with Crippen molar-refractivity contribution in [2.45, 2.75) is 44.9 Å². The molecular formula is C24H24ClN. The Bertz CT molecular complexity index is 875. The lowest BCUT2D eigenvalue weighted by Gasteiger charge is -2.22. The lowest BCUT2D eigenvalue weighted by atomic mass is 9.83. The van der Waals surface area contributed by atoms with E-state index in [9.17, 15) is 0 Å². The van der Waals surface area contributed by atoms with E-state index in [0.29, 0.717) is 0 Å². The number of benzene rings is 2. The molecule has 26 heavy (non-hydrogen) atoms. The number of rotatable bonds is 3. The molecule has 1 saturated carbocycles. The lowest BCUT2D eigenvalue weighted by molar-refractivity contribution is 0.443. The second-order valence-electron chi connectivity index (χ2n) is 7.35. The number of nitrogens with zero attached hydrogens (tertiary/aromatic N) is 1. The zero-order chi connectivity index (χ0) is 17.9. The Hall–Kier alpha value is -2.12. The molecule has 1 aromatic heterocycles. The molecule has 1 heterocycles. The van der Waals surface area contributed by atoms with Gasteiger partial charge in [0.15, 0.2) is 0 Å². The molecule has 2 heteroatoms. The standard InChI is InChI=1S/C24H24ClN/c1-17-16-26-24(21-11-13-22(25)14-12-21)15-23(17)20-9-7-19(8-10-20)18-5-3-2-4-6-18/h7-16,18H,2-6H2,1H3. The zero-order valence-corrected chi connectivity index (χ0v) is 16.0. The Labute approximate surface area is 161 Å². The van der Waals surface area contributed by atoms with Crippen LogP contribution in [0.1, 0.15) is 49.1 Å². The van der Waals surface area contributed by atoms with Crippen molar-refractivity contribution in [1.82, 2.24) is 4.98 Å². The van der Waals surface area contributed by atoms with E-state index in [0.717, 1.165) is 22.2 Å². The molecule has 0 amide bonds. The van der Waals surface area contributed by atoms with Gasteiger partial charge in [-0.05, 0) is 66.1 Å². The highest BCUT2D eigenvalue weighted by atomic mass is 35.5. The quantitative estimate of drug-likeness (QED) is 0.472. The maximum Gasteiger partial charge on any atom is 0.0708 e. The second kappa shape index (κ2) is 7.63. The smallest absolute Gasteiger partial charge is 0.0708 e. The summed E-state index contributed by atoms with van der Waals surface area (Å²) in [4.78, 5) is 4.61. The van der Waals surface area contributed by atoms with Crippen LogP contribution in [0.25, 0.3) is 22.4 Å².